The van der Waals surface area contributed by atoms with Gasteiger partial charge in [-0.15, -0.1) is 0 Å². The van der Waals surface area contributed by atoms with Gasteiger partial charge in [0.1, 0.15) is 0 Å². The van der Waals surface area contributed by atoms with Gasteiger partial charge in [-0.25, -0.2) is 0 Å². The summed E-state index contributed by atoms with van der Waals surface area (Å²) in [5, 5.41) is 1.25. The number of hydrogen-bond acceptors (Lipinski definition) is 1. The van der Waals surface area contributed by atoms with E-state index in [1.54, 1.807) is 0 Å². The topological polar surface area (TPSA) is 28.7 Å². The van der Waals surface area contributed by atoms with Crippen molar-refractivity contribution in [3.63, 3.8) is 0 Å². The average Bonchev–Trinajstić information content (AvgIpc) is 2.78. The van der Waals surface area contributed by atoms with E-state index in [0.717, 1.165) is 11.4 Å². The van der Waals surface area contributed by atoms with E-state index in [9.17, 15) is 0 Å². The van der Waals surface area contributed by atoms with Crippen molar-refractivity contribution >= 4 is 10.9 Å². The molecule has 2 aromatic heterocycles. The van der Waals surface area contributed by atoms with Gasteiger partial charge in [-0.3, -0.25) is 4.98 Å². The van der Waals surface area contributed by atoms with Gasteiger partial charge in [-0.05, 0) is 55.0 Å². The van der Waals surface area contributed by atoms with E-state index < -0.39 is 0 Å². The number of aromatic amines is 1. The lowest BCUT2D eigenvalue weighted by Gasteiger charge is -2.06. The van der Waals surface area contributed by atoms with Crippen LogP contribution in [0.15, 0.2) is 42.6 Å². The Kier molecular flexibility index (Phi) is 2.80. The summed E-state index contributed by atoms with van der Waals surface area (Å²) < 4.78 is 0. The molecule has 1 N–H and O–H groups in total. The van der Waals surface area contributed by atoms with E-state index in [0.29, 0.717) is 0 Å². The van der Waals surface area contributed by atoms with Crippen molar-refractivity contribution in [1.29, 1.82) is 0 Å². The lowest BCUT2D eigenvalue weighted by molar-refractivity contribution is 0.711. The van der Waals surface area contributed by atoms with Gasteiger partial charge in [-0.1, -0.05) is 24.6 Å². The number of pyridine rings is 1. The zero-order chi connectivity index (χ0) is 13.4. The van der Waals surface area contributed by atoms with Gasteiger partial charge in [0.2, 0.25) is 0 Å². The van der Waals surface area contributed by atoms with Crippen LogP contribution in [0.5, 0.6) is 0 Å². The summed E-state index contributed by atoms with van der Waals surface area (Å²) in [5.41, 5.74) is 6.31. The van der Waals surface area contributed by atoms with Crippen molar-refractivity contribution < 1.29 is 0 Å². The minimum Gasteiger partial charge on any atom is -0.353 e. The minimum atomic E-state index is 1.07. The number of nitrogens with zero attached hydrogens (tertiary/aromatic N) is 1. The quantitative estimate of drug-likeness (QED) is 0.643. The Morgan fingerprint density at radius 1 is 0.900 bits per heavy atom. The van der Waals surface area contributed by atoms with Crippen LogP contribution >= 0.6 is 0 Å². The molecule has 0 saturated heterocycles. The number of aromatic nitrogens is 2. The maximum Gasteiger partial charge on any atom is 0.0867 e. The summed E-state index contributed by atoms with van der Waals surface area (Å²) in [5.74, 6) is 0. The highest BCUT2D eigenvalue weighted by Crippen LogP contribution is 2.26. The molecule has 2 heteroatoms. The zero-order valence-corrected chi connectivity index (χ0v) is 11.5. The van der Waals surface area contributed by atoms with Gasteiger partial charge in [0.15, 0.2) is 0 Å². The monoisotopic (exact) mass is 262 g/mol. The van der Waals surface area contributed by atoms with Crippen molar-refractivity contribution in [2.24, 2.45) is 0 Å². The molecule has 0 saturated carbocycles. The van der Waals surface area contributed by atoms with Crippen molar-refractivity contribution in [2.75, 3.05) is 0 Å². The molecule has 0 spiro atoms. The number of hydrogen-bond donors (Lipinski definition) is 1. The van der Waals surface area contributed by atoms with Crippen molar-refractivity contribution in [3.05, 3.63) is 53.7 Å². The Bertz CT molecular complexity index is 722. The fourth-order valence-corrected chi connectivity index (χ4v) is 3.15. The average molecular weight is 262 g/mol. The van der Waals surface area contributed by atoms with Gasteiger partial charge in [0.25, 0.3) is 0 Å². The van der Waals surface area contributed by atoms with E-state index in [2.05, 4.69) is 52.6 Å². The van der Waals surface area contributed by atoms with E-state index in [4.69, 9.17) is 0 Å². The Hall–Kier alpha value is -2.09. The molecule has 4 rings (SSSR count). The third-order valence-electron chi connectivity index (χ3n) is 4.28. The molecule has 0 atom stereocenters. The predicted molar refractivity (Wildman–Crippen MR) is 82.8 cm³/mol. The first-order chi connectivity index (χ1) is 9.90. The number of aryl methyl sites for hydroxylation is 2. The van der Waals surface area contributed by atoms with Gasteiger partial charge in [0, 0.05) is 17.1 Å². The second kappa shape index (κ2) is 4.78. The van der Waals surface area contributed by atoms with Crippen LogP contribution in [-0.4, -0.2) is 9.97 Å². The second-order valence-electron chi connectivity index (χ2n) is 5.67. The van der Waals surface area contributed by atoms with Gasteiger partial charge in [0.05, 0.1) is 11.4 Å². The summed E-state index contributed by atoms with van der Waals surface area (Å²) in [7, 11) is 0. The highest BCUT2D eigenvalue weighted by molar-refractivity contribution is 5.85. The van der Waals surface area contributed by atoms with Crippen molar-refractivity contribution in [2.45, 2.75) is 32.1 Å². The van der Waals surface area contributed by atoms with Gasteiger partial charge in [-0.2, -0.15) is 0 Å². The molecule has 0 fully saturated rings. The highest BCUT2D eigenvalue weighted by Gasteiger charge is 2.11. The molecule has 1 aromatic carbocycles. The van der Waals surface area contributed by atoms with E-state index in [1.165, 1.54) is 54.1 Å². The van der Waals surface area contributed by atoms with Crippen LogP contribution in [0.4, 0.5) is 0 Å². The lowest BCUT2D eigenvalue weighted by atomic mass is 10.0. The highest BCUT2D eigenvalue weighted by atomic mass is 14.8. The SMILES string of the molecule is c1ccc2[nH]c(-c3cc4c(cn3)CCCCC4)cc2c1. The second-order valence-corrected chi connectivity index (χ2v) is 5.67. The Labute approximate surface area is 118 Å². The molecule has 1 aliphatic rings. The Balaban J connectivity index is 1.79. The standard InChI is InChI=1S/C18H18N2/c1-2-6-13-10-17(19-12-15(13)8-3-1)18-11-14-7-4-5-9-16(14)20-18/h4-5,7,9-12,20H,1-3,6,8H2. The largest absolute Gasteiger partial charge is 0.353 e. The summed E-state index contributed by atoms with van der Waals surface area (Å²) in [6.07, 6.45) is 8.43. The normalized spacial score (nSPS) is 15.0. The van der Waals surface area contributed by atoms with Crippen molar-refractivity contribution in [1.82, 2.24) is 9.97 Å². The van der Waals surface area contributed by atoms with E-state index in [1.807, 2.05) is 0 Å². The fraction of sp³-hybridized carbons (Fsp3) is 0.278. The van der Waals surface area contributed by atoms with Crippen LogP contribution in [0.25, 0.3) is 22.3 Å². The smallest absolute Gasteiger partial charge is 0.0867 e. The molecule has 100 valence electrons. The summed E-state index contributed by atoms with van der Waals surface area (Å²) in [6.45, 7) is 0. The zero-order valence-electron chi connectivity index (χ0n) is 11.5. The molecule has 0 aliphatic heterocycles. The molecule has 0 radical (unpaired) electrons. The molecule has 3 aromatic rings. The number of nitrogens with one attached hydrogen (secondary N) is 1. The first-order valence-electron chi connectivity index (χ1n) is 7.46. The molecule has 20 heavy (non-hydrogen) atoms. The van der Waals surface area contributed by atoms with Crippen LogP contribution in [-0.2, 0) is 12.8 Å². The van der Waals surface area contributed by atoms with Crippen LogP contribution in [0.1, 0.15) is 30.4 Å². The number of rotatable bonds is 1. The maximum atomic E-state index is 4.67. The summed E-state index contributed by atoms with van der Waals surface area (Å²) in [4.78, 5) is 8.14. The third-order valence-corrected chi connectivity index (χ3v) is 4.28. The van der Waals surface area contributed by atoms with Crippen molar-refractivity contribution in [3.8, 4) is 11.4 Å². The van der Waals surface area contributed by atoms with Crippen LogP contribution in [0, 0.1) is 0 Å². The van der Waals surface area contributed by atoms with Crippen LogP contribution < -0.4 is 0 Å². The lowest BCUT2D eigenvalue weighted by Crippen LogP contribution is -1.94. The third kappa shape index (κ3) is 2.01. The molecule has 0 unspecified atom stereocenters. The molecule has 2 nitrogen and oxygen atoms in total. The van der Waals surface area contributed by atoms with Gasteiger partial charge < -0.3 is 4.98 Å². The number of fused-ring (bicyclic) bond motifs is 2. The molecular formula is C18H18N2. The Morgan fingerprint density at radius 3 is 2.65 bits per heavy atom. The van der Waals surface area contributed by atoms with Crippen LogP contribution in [0.3, 0.4) is 0 Å². The van der Waals surface area contributed by atoms with Gasteiger partial charge >= 0.3 is 0 Å². The van der Waals surface area contributed by atoms with Crippen LogP contribution in [0.2, 0.25) is 0 Å². The van der Waals surface area contributed by atoms with E-state index in [-0.39, 0.29) is 0 Å². The maximum absolute atomic E-state index is 4.67. The first-order valence-corrected chi connectivity index (χ1v) is 7.46. The minimum absolute atomic E-state index is 1.07. The Morgan fingerprint density at radius 2 is 1.75 bits per heavy atom. The number of para-hydroxylation sites is 1. The molecule has 0 amide bonds. The molecule has 2 heterocycles. The first kappa shape index (κ1) is 11.7. The number of H-pyrrole nitrogens is 1. The molecule has 1 aliphatic carbocycles. The molecular weight excluding hydrogens is 244 g/mol. The fourth-order valence-electron chi connectivity index (χ4n) is 3.15. The molecule has 0 bridgehead atoms. The summed E-state index contributed by atoms with van der Waals surface area (Å²) >= 11 is 0. The van der Waals surface area contributed by atoms with E-state index >= 15 is 0 Å². The number of benzene rings is 1. The predicted octanol–water partition coefficient (Wildman–Crippen LogP) is 4.50. The summed E-state index contributed by atoms with van der Waals surface area (Å²) in [6, 6.07) is 12.9.